The van der Waals surface area contributed by atoms with Gasteiger partial charge in [0.15, 0.2) is 5.78 Å². The molecule has 28 heavy (non-hydrogen) atoms. The molecule has 144 valence electrons. The van der Waals surface area contributed by atoms with E-state index in [0.717, 1.165) is 17.5 Å². The van der Waals surface area contributed by atoms with Crippen LogP contribution in [0.5, 0.6) is 5.75 Å². The van der Waals surface area contributed by atoms with Gasteiger partial charge in [0, 0.05) is 11.8 Å². The summed E-state index contributed by atoms with van der Waals surface area (Å²) >= 11 is 0. The summed E-state index contributed by atoms with van der Waals surface area (Å²) in [7, 11) is 1.59. The topological polar surface area (TPSA) is 104 Å². The molecule has 0 bridgehead atoms. The summed E-state index contributed by atoms with van der Waals surface area (Å²) in [4.78, 5) is 21.1. The SMILES string of the molecule is COc1cc(C(=O)c2cnc(N)nc2N)c(C(C)Cc2ccccc2)cc1C. The molecule has 1 aromatic heterocycles. The molecule has 3 rings (SSSR count). The number of nitrogens with two attached hydrogens (primary N) is 2. The first kappa shape index (κ1) is 19.4. The second-order valence-corrected chi connectivity index (χ2v) is 6.86. The van der Waals surface area contributed by atoms with Crippen LogP contribution in [-0.4, -0.2) is 22.9 Å². The van der Waals surface area contributed by atoms with Gasteiger partial charge >= 0.3 is 0 Å². The van der Waals surface area contributed by atoms with Crippen molar-refractivity contribution in [3.05, 3.63) is 76.5 Å². The van der Waals surface area contributed by atoms with Crippen molar-refractivity contribution in [2.24, 2.45) is 0 Å². The lowest BCUT2D eigenvalue weighted by Crippen LogP contribution is -2.14. The summed E-state index contributed by atoms with van der Waals surface area (Å²) < 4.78 is 5.44. The number of ether oxygens (including phenoxy) is 1. The molecule has 0 amide bonds. The van der Waals surface area contributed by atoms with Crippen LogP contribution in [0.4, 0.5) is 11.8 Å². The van der Waals surface area contributed by atoms with Crippen molar-refractivity contribution in [1.82, 2.24) is 9.97 Å². The number of carbonyl (C=O) groups excluding carboxylic acids is 1. The quantitative estimate of drug-likeness (QED) is 0.638. The van der Waals surface area contributed by atoms with Crippen LogP contribution in [0, 0.1) is 6.92 Å². The van der Waals surface area contributed by atoms with E-state index in [-0.39, 0.29) is 29.0 Å². The van der Waals surface area contributed by atoms with Gasteiger partial charge in [0.2, 0.25) is 5.95 Å². The van der Waals surface area contributed by atoms with Gasteiger partial charge < -0.3 is 16.2 Å². The molecule has 0 fully saturated rings. The number of hydrogen-bond acceptors (Lipinski definition) is 6. The average molecular weight is 376 g/mol. The third-order valence-corrected chi connectivity index (χ3v) is 4.81. The molecule has 0 aliphatic heterocycles. The Hall–Kier alpha value is -3.41. The molecule has 4 N–H and O–H groups in total. The molecule has 0 spiro atoms. The minimum Gasteiger partial charge on any atom is -0.496 e. The fourth-order valence-corrected chi connectivity index (χ4v) is 3.34. The Balaban J connectivity index is 2.06. The third-order valence-electron chi connectivity index (χ3n) is 4.81. The molecule has 0 saturated carbocycles. The standard InChI is InChI=1S/C22H24N4O2/c1-13(9-15-7-5-4-6-8-15)16-10-14(2)19(28-3)11-17(16)20(27)18-12-25-22(24)26-21(18)23/h4-8,10-13H,9H2,1-3H3,(H4,23,24,25,26). The number of nitrogens with zero attached hydrogens (tertiary/aromatic N) is 2. The van der Waals surface area contributed by atoms with Crippen LogP contribution < -0.4 is 16.2 Å². The van der Waals surface area contributed by atoms with Gasteiger partial charge in [-0.15, -0.1) is 0 Å². The first-order valence-electron chi connectivity index (χ1n) is 9.05. The predicted molar refractivity (Wildman–Crippen MR) is 111 cm³/mol. The smallest absolute Gasteiger partial charge is 0.221 e. The number of rotatable bonds is 6. The molecule has 2 aromatic carbocycles. The summed E-state index contributed by atoms with van der Waals surface area (Å²) in [5, 5.41) is 0. The summed E-state index contributed by atoms with van der Waals surface area (Å²) in [6, 6.07) is 14.0. The molecular formula is C22H24N4O2. The Morgan fingerprint density at radius 3 is 2.50 bits per heavy atom. The Morgan fingerprint density at radius 1 is 1.14 bits per heavy atom. The highest BCUT2D eigenvalue weighted by molar-refractivity contribution is 6.12. The van der Waals surface area contributed by atoms with Gasteiger partial charge in [0.1, 0.15) is 11.6 Å². The molecular weight excluding hydrogens is 352 g/mol. The second kappa shape index (κ2) is 8.08. The van der Waals surface area contributed by atoms with Gasteiger partial charge in [-0.2, -0.15) is 4.98 Å². The van der Waals surface area contributed by atoms with Crippen LogP contribution in [0.15, 0.2) is 48.7 Å². The molecule has 3 aromatic rings. The zero-order valence-electron chi connectivity index (χ0n) is 16.3. The van der Waals surface area contributed by atoms with Crippen molar-refractivity contribution in [2.75, 3.05) is 18.6 Å². The summed E-state index contributed by atoms with van der Waals surface area (Å²) in [6.07, 6.45) is 2.18. The number of carbonyl (C=O) groups is 1. The molecule has 1 unspecified atom stereocenters. The van der Waals surface area contributed by atoms with E-state index in [1.165, 1.54) is 11.8 Å². The Bertz CT molecular complexity index is 1000. The normalized spacial score (nSPS) is 11.8. The van der Waals surface area contributed by atoms with Crippen LogP contribution in [0.25, 0.3) is 0 Å². The van der Waals surface area contributed by atoms with Gasteiger partial charge in [-0.3, -0.25) is 4.79 Å². The van der Waals surface area contributed by atoms with Crippen LogP contribution in [0.1, 0.15) is 45.5 Å². The van der Waals surface area contributed by atoms with Gasteiger partial charge in [-0.1, -0.05) is 43.3 Å². The van der Waals surface area contributed by atoms with Crippen molar-refractivity contribution in [2.45, 2.75) is 26.2 Å². The minimum absolute atomic E-state index is 0.0354. The Labute approximate surface area is 164 Å². The fraction of sp³-hybridized carbons (Fsp3) is 0.227. The van der Waals surface area contributed by atoms with E-state index in [1.54, 1.807) is 13.2 Å². The number of aryl methyl sites for hydroxylation is 1. The maximum Gasteiger partial charge on any atom is 0.221 e. The van der Waals surface area contributed by atoms with Crippen molar-refractivity contribution >= 4 is 17.5 Å². The van der Waals surface area contributed by atoms with Gasteiger partial charge in [-0.05, 0) is 42.0 Å². The van der Waals surface area contributed by atoms with E-state index in [0.29, 0.717) is 11.3 Å². The lowest BCUT2D eigenvalue weighted by atomic mass is 9.86. The Kier molecular flexibility index (Phi) is 5.59. The summed E-state index contributed by atoms with van der Waals surface area (Å²) in [5.41, 5.74) is 15.4. The van der Waals surface area contributed by atoms with Crippen molar-refractivity contribution in [3.63, 3.8) is 0 Å². The van der Waals surface area contributed by atoms with E-state index in [9.17, 15) is 4.79 Å². The molecule has 1 atom stereocenters. The average Bonchev–Trinajstić information content (AvgIpc) is 2.68. The highest BCUT2D eigenvalue weighted by Gasteiger charge is 2.22. The van der Waals surface area contributed by atoms with Crippen molar-refractivity contribution in [3.8, 4) is 5.75 Å². The monoisotopic (exact) mass is 376 g/mol. The molecule has 6 nitrogen and oxygen atoms in total. The number of nitrogen functional groups attached to an aromatic ring is 2. The first-order valence-corrected chi connectivity index (χ1v) is 9.05. The van der Waals surface area contributed by atoms with Crippen molar-refractivity contribution < 1.29 is 9.53 Å². The van der Waals surface area contributed by atoms with Gasteiger partial charge in [0.05, 0.1) is 12.7 Å². The fourth-order valence-electron chi connectivity index (χ4n) is 3.34. The largest absolute Gasteiger partial charge is 0.496 e. The number of aromatic nitrogens is 2. The molecule has 0 aliphatic rings. The number of anilines is 2. The molecule has 0 radical (unpaired) electrons. The zero-order valence-corrected chi connectivity index (χ0v) is 16.3. The van der Waals surface area contributed by atoms with Gasteiger partial charge in [-0.25, -0.2) is 4.98 Å². The zero-order chi connectivity index (χ0) is 20.3. The van der Waals surface area contributed by atoms with Crippen molar-refractivity contribution in [1.29, 1.82) is 0 Å². The number of methoxy groups -OCH3 is 1. The molecule has 0 saturated heterocycles. The predicted octanol–water partition coefficient (Wildman–Crippen LogP) is 3.54. The Morgan fingerprint density at radius 2 is 1.86 bits per heavy atom. The van der Waals surface area contributed by atoms with Crippen LogP contribution in [-0.2, 0) is 6.42 Å². The number of hydrogen-bond donors (Lipinski definition) is 2. The lowest BCUT2D eigenvalue weighted by Gasteiger charge is -2.19. The molecule has 1 heterocycles. The highest BCUT2D eigenvalue weighted by atomic mass is 16.5. The van der Waals surface area contributed by atoms with Crippen LogP contribution in [0.3, 0.4) is 0 Å². The lowest BCUT2D eigenvalue weighted by molar-refractivity contribution is 0.103. The molecule has 0 aliphatic carbocycles. The third kappa shape index (κ3) is 3.96. The second-order valence-electron chi connectivity index (χ2n) is 6.86. The van der Waals surface area contributed by atoms with Crippen LogP contribution >= 0.6 is 0 Å². The van der Waals surface area contributed by atoms with Crippen LogP contribution in [0.2, 0.25) is 0 Å². The van der Waals surface area contributed by atoms with E-state index in [2.05, 4.69) is 29.0 Å². The van der Waals surface area contributed by atoms with E-state index in [1.807, 2.05) is 31.2 Å². The highest BCUT2D eigenvalue weighted by Crippen LogP contribution is 2.32. The summed E-state index contributed by atoms with van der Waals surface area (Å²) in [6.45, 7) is 4.07. The first-order chi connectivity index (χ1) is 13.4. The number of ketones is 1. The van der Waals surface area contributed by atoms with E-state index >= 15 is 0 Å². The van der Waals surface area contributed by atoms with E-state index in [4.69, 9.17) is 16.2 Å². The maximum atomic E-state index is 13.3. The van der Waals surface area contributed by atoms with Gasteiger partial charge in [0.25, 0.3) is 0 Å². The summed E-state index contributed by atoms with van der Waals surface area (Å²) in [5.74, 6) is 0.619. The van der Waals surface area contributed by atoms with E-state index < -0.39 is 0 Å². The molecule has 6 heteroatoms. The minimum atomic E-state index is -0.245. The number of benzene rings is 2. The maximum absolute atomic E-state index is 13.3.